The van der Waals surface area contributed by atoms with Crippen molar-refractivity contribution in [2.75, 3.05) is 13.2 Å². The quantitative estimate of drug-likeness (QED) is 0.288. The summed E-state index contributed by atoms with van der Waals surface area (Å²) in [6.07, 6.45) is 0.660. The van der Waals surface area contributed by atoms with E-state index in [9.17, 15) is 22.8 Å². The molecule has 39 heavy (non-hydrogen) atoms. The number of hydrogen-bond acceptors (Lipinski definition) is 7. The molecular formula is C30H29NO7S. The first-order chi connectivity index (χ1) is 18.8. The van der Waals surface area contributed by atoms with Gasteiger partial charge in [-0.2, -0.15) is 0 Å². The van der Waals surface area contributed by atoms with Crippen molar-refractivity contribution in [3.8, 4) is 0 Å². The van der Waals surface area contributed by atoms with E-state index in [1.54, 1.807) is 36.4 Å². The second-order valence-electron chi connectivity index (χ2n) is 8.98. The Balaban J connectivity index is 1.59. The van der Waals surface area contributed by atoms with Gasteiger partial charge in [-0.15, -0.1) is 0 Å². The van der Waals surface area contributed by atoms with E-state index in [-0.39, 0.29) is 34.0 Å². The normalized spacial score (nSPS) is 14.7. The maximum Gasteiger partial charge on any atom is 0.408 e. The van der Waals surface area contributed by atoms with Crippen LogP contribution < -0.4 is 5.32 Å². The number of hydrogen-bond donors (Lipinski definition) is 1. The average molecular weight is 548 g/mol. The van der Waals surface area contributed by atoms with Gasteiger partial charge in [0.05, 0.1) is 16.4 Å². The van der Waals surface area contributed by atoms with E-state index < -0.39 is 40.3 Å². The third-order valence-corrected chi connectivity index (χ3v) is 8.16. The molecule has 202 valence electrons. The highest BCUT2D eigenvalue weighted by Gasteiger charge is 2.38. The number of esters is 1. The van der Waals surface area contributed by atoms with Gasteiger partial charge in [-0.3, -0.25) is 4.79 Å². The summed E-state index contributed by atoms with van der Waals surface area (Å²) in [5.74, 6) is -1.10. The van der Waals surface area contributed by atoms with E-state index in [1.807, 2.05) is 37.3 Å². The summed E-state index contributed by atoms with van der Waals surface area (Å²) in [5, 5.41) is 2.51. The van der Waals surface area contributed by atoms with Gasteiger partial charge in [0.2, 0.25) is 9.84 Å². The number of rotatable bonds is 10. The van der Waals surface area contributed by atoms with Crippen LogP contribution in [0.3, 0.4) is 0 Å². The summed E-state index contributed by atoms with van der Waals surface area (Å²) in [6.45, 7) is 1.48. The van der Waals surface area contributed by atoms with E-state index in [1.165, 1.54) is 18.2 Å². The lowest BCUT2D eigenvalue weighted by Gasteiger charge is -2.23. The largest absolute Gasteiger partial charge is 0.464 e. The number of amides is 1. The van der Waals surface area contributed by atoms with Crippen LogP contribution in [0.4, 0.5) is 4.79 Å². The first kappa shape index (κ1) is 27.8. The van der Waals surface area contributed by atoms with Gasteiger partial charge in [0, 0.05) is 17.6 Å². The maximum absolute atomic E-state index is 13.6. The van der Waals surface area contributed by atoms with Crippen LogP contribution >= 0.6 is 0 Å². The SMILES string of the molecule is CCCCOC(=O)C(Cc1ccccc1)NC(=O)OCC1=C(c2ccccc2)C(=O)c2ccccc2S1(=O)=O. The maximum atomic E-state index is 13.6. The van der Waals surface area contributed by atoms with E-state index in [4.69, 9.17) is 9.47 Å². The Morgan fingerprint density at radius 3 is 2.21 bits per heavy atom. The van der Waals surface area contributed by atoms with Crippen LogP contribution in [0.1, 0.15) is 41.3 Å². The van der Waals surface area contributed by atoms with Crippen molar-refractivity contribution >= 4 is 33.3 Å². The molecule has 1 aliphatic heterocycles. The molecule has 0 bridgehead atoms. The molecule has 0 spiro atoms. The number of Topliss-reactive ketones (excluding diaryl/α,β-unsaturated/α-hetero) is 1. The van der Waals surface area contributed by atoms with Crippen molar-refractivity contribution < 1.29 is 32.3 Å². The lowest BCUT2D eigenvalue weighted by Crippen LogP contribution is -2.44. The molecule has 8 nitrogen and oxygen atoms in total. The van der Waals surface area contributed by atoms with Gasteiger partial charge in [0.1, 0.15) is 12.6 Å². The highest BCUT2D eigenvalue weighted by atomic mass is 32.2. The molecule has 0 saturated heterocycles. The van der Waals surface area contributed by atoms with Gasteiger partial charge in [0.15, 0.2) is 5.78 Å². The Labute approximate surface area is 227 Å². The summed E-state index contributed by atoms with van der Waals surface area (Å²) >= 11 is 0. The molecule has 0 aromatic heterocycles. The van der Waals surface area contributed by atoms with Crippen molar-refractivity contribution in [2.24, 2.45) is 0 Å². The third kappa shape index (κ3) is 6.43. The Hall–Kier alpha value is -4.24. The zero-order chi connectivity index (χ0) is 27.8. The first-order valence-electron chi connectivity index (χ1n) is 12.6. The van der Waals surface area contributed by atoms with Crippen LogP contribution in [0.2, 0.25) is 0 Å². The Kier molecular flexibility index (Phi) is 8.93. The fraction of sp³-hybridized carbons (Fsp3) is 0.233. The smallest absolute Gasteiger partial charge is 0.408 e. The van der Waals surface area contributed by atoms with Crippen LogP contribution in [0, 0.1) is 0 Å². The Bertz CT molecular complexity index is 1480. The van der Waals surface area contributed by atoms with Gasteiger partial charge in [-0.05, 0) is 29.7 Å². The van der Waals surface area contributed by atoms with E-state index in [0.717, 1.165) is 12.0 Å². The molecule has 3 aromatic carbocycles. The molecule has 3 aromatic rings. The number of benzene rings is 3. The van der Waals surface area contributed by atoms with Crippen LogP contribution in [0.15, 0.2) is 94.7 Å². The standard InChI is InChI=1S/C30H29NO7S/c1-2-3-18-37-29(33)24(19-21-12-6-4-7-13-21)31-30(34)38-20-26-27(22-14-8-5-9-15-22)28(32)23-16-10-11-17-25(23)39(26,35)36/h4-17,24H,2-3,18-20H2,1H3,(H,31,34). The van der Waals surface area contributed by atoms with E-state index in [0.29, 0.717) is 12.0 Å². The fourth-order valence-corrected chi connectivity index (χ4v) is 5.91. The van der Waals surface area contributed by atoms with Crippen molar-refractivity contribution in [1.29, 1.82) is 0 Å². The zero-order valence-corrected chi connectivity index (χ0v) is 22.3. The zero-order valence-electron chi connectivity index (χ0n) is 21.5. The number of ketones is 1. The lowest BCUT2D eigenvalue weighted by atomic mass is 9.96. The van der Waals surface area contributed by atoms with E-state index in [2.05, 4.69) is 5.32 Å². The predicted octanol–water partition coefficient (Wildman–Crippen LogP) is 4.75. The first-order valence-corrected chi connectivity index (χ1v) is 14.1. The van der Waals surface area contributed by atoms with E-state index >= 15 is 0 Å². The van der Waals surface area contributed by atoms with Gasteiger partial charge in [-0.1, -0.05) is 86.1 Å². The average Bonchev–Trinajstić information content (AvgIpc) is 2.95. The molecule has 0 radical (unpaired) electrons. The highest BCUT2D eigenvalue weighted by Crippen LogP contribution is 2.37. The minimum atomic E-state index is -4.15. The monoisotopic (exact) mass is 547 g/mol. The molecule has 1 atom stereocenters. The number of ether oxygens (including phenoxy) is 2. The van der Waals surface area contributed by atoms with Crippen LogP contribution in [-0.2, 0) is 30.5 Å². The summed E-state index contributed by atoms with van der Waals surface area (Å²) in [6, 6.07) is 22.3. The number of carbonyl (C=O) groups excluding carboxylic acids is 3. The summed E-state index contributed by atoms with van der Waals surface area (Å²) < 4.78 is 37.8. The third-order valence-electron chi connectivity index (χ3n) is 6.25. The molecule has 1 aliphatic rings. The minimum Gasteiger partial charge on any atom is -0.464 e. The molecule has 0 saturated carbocycles. The summed E-state index contributed by atoms with van der Waals surface area (Å²) in [7, 11) is -4.15. The number of allylic oxidation sites excluding steroid dienone is 1. The number of unbranched alkanes of at least 4 members (excludes halogenated alkanes) is 1. The number of fused-ring (bicyclic) bond motifs is 1. The molecule has 1 N–H and O–H groups in total. The van der Waals surface area contributed by atoms with Gasteiger partial charge < -0.3 is 14.8 Å². The topological polar surface area (TPSA) is 116 Å². The van der Waals surface area contributed by atoms with Gasteiger partial charge in [0.25, 0.3) is 0 Å². The fourth-order valence-electron chi connectivity index (χ4n) is 4.24. The molecular weight excluding hydrogens is 518 g/mol. The van der Waals surface area contributed by atoms with Crippen LogP contribution in [0.25, 0.3) is 5.57 Å². The van der Waals surface area contributed by atoms with Crippen LogP contribution in [0.5, 0.6) is 0 Å². The molecule has 1 amide bonds. The van der Waals surface area contributed by atoms with Gasteiger partial charge >= 0.3 is 12.1 Å². The molecule has 9 heteroatoms. The van der Waals surface area contributed by atoms with Gasteiger partial charge in [-0.25, -0.2) is 18.0 Å². The van der Waals surface area contributed by atoms with Crippen molar-refractivity contribution in [1.82, 2.24) is 5.32 Å². The number of alkyl carbamates (subject to hydrolysis) is 1. The number of sulfone groups is 1. The highest BCUT2D eigenvalue weighted by molar-refractivity contribution is 7.95. The minimum absolute atomic E-state index is 0.0538. The number of nitrogens with one attached hydrogen (secondary N) is 1. The Morgan fingerprint density at radius 1 is 0.872 bits per heavy atom. The second kappa shape index (κ2) is 12.5. The van der Waals surface area contributed by atoms with Crippen molar-refractivity contribution in [3.63, 3.8) is 0 Å². The Morgan fingerprint density at radius 2 is 1.51 bits per heavy atom. The van der Waals surface area contributed by atoms with Crippen LogP contribution in [-0.4, -0.2) is 45.5 Å². The molecule has 4 rings (SSSR count). The van der Waals surface area contributed by atoms with Crippen molar-refractivity contribution in [2.45, 2.75) is 37.1 Å². The molecule has 0 fully saturated rings. The molecule has 0 aliphatic carbocycles. The summed E-state index contributed by atoms with van der Waals surface area (Å²) in [4.78, 5) is 38.6. The van der Waals surface area contributed by atoms with Crippen molar-refractivity contribution in [3.05, 3.63) is 107 Å². The lowest BCUT2D eigenvalue weighted by molar-refractivity contribution is -0.146. The second-order valence-corrected chi connectivity index (χ2v) is 10.9. The number of carbonyl (C=O) groups is 3. The predicted molar refractivity (Wildman–Crippen MR) is 146 cm³/mol. The summed E-state index contributed by atoms with van der Waals surface area (Å²) in [5.41, 5.74) is 1.19. The molecule has 1 unspecified atom stereocenters. The molecule has 1 heterocycles.